The van der Waals surface area contributed by atoms with Crippen LogP contribution >= 0.6 is 11.3 Å². The van der Waals surface area contributed by atoms with E-state index in [0.717, 1.165) is 17.8 Å². The minimum atomic E-state index is -0.659. The van der Waals surface area contributed by atoms with Crippen molar-refractivity contribution in [3.63, 3.8) is 0 Å². The molecule has 0 radical (unpaired) electrons. The number of carbonyl (C=O) groups excluding carboxylic acids is 1. The zero-order valence-corrected chi connectivity index (χ0v) is 10.5. The third-order valence-electron chi connectivity index (χ3n) is 2.53. The molecular formula is C10H16N4OS. The average molecular weight is 240 g/mol. The van der Waals surface area contributed by atoms with Crippen LogP contribution in [-0.4, -0.2) is 21.6 Å². The number of hydrogen-bond acceptors (Lipinski definition) is 5. The van der Waals surface area contributed by atoms with Gasteiger partial charge in [0.15, 0.2) is 0 Å². The summed E-state index contributed by atoms with van der Waals surface area (Å²) in [5.74, 6) is -0.149. The van der Waals surface area contributed by atoms with Gasteiger partial charge in [0.2, 0.25) is 11.0 Å². The second kappa shape index (κ2) is 3.49. The highest BCUT2D eigenvalue weighted by atomic mass is 32.1. The van der Waals surface area contributed by atoms with E-state index in [2.05, 4.69) is 36.3 Å². The minimum Gasteiger partial charge on any atom is -0.317 e. The molecule has 0 aliphatic heterocycles. The predicted molar refractivity (Wildman–Crippen MR) is 63.4 cm³/mol. The van der Waals surface area contributed by atoms with Crippen LogP contribution in [0.2, 0.25) is 0 Å². The van der Waals surface area contributed by atoms with Crippen molar-refractivity contribution in [1.82, 2.24) is 10.2 Å². The number of anilines is 1. The Hall–Kier alpha value is -1.01. The van der Waals surface area contributed by atoms with Gasteiger partial charge in [-0.3, -0.25) is 10.1 Å². The van der Waals surface area contributed by atoms with E-state index in [9.17, 15) is 4.79 Å². The topological polar surface area (TPSA) is 80.9 Å². The molecule has 1 aliphatic rings. The van der Waals surface area contributed by atoms with E-state index in [1.54, 1.807) is 0 Å². The summed E-state index contributed by atoms with van der Waals surface area (Å²) in [6, 6.07) is 0. The van der Waals surface area contributed by atoms with E-state index in [1.807, 2.05) is 0 Å². The van der Waals surface area contributed by atoms with Gasteiger partial charge in [0.05, 0.1) is 5.54 Å². The van der Waals surface area contributed by atoms with Gasteiger partial charge in [0.25, 0.3) is 0 Å². The second-order valence-corrected chi connectivity index (χ2v) is 6.25. The number of nitrogens with two attached hydrogens (primary N) is 1. The molecule has 1 saturated carbocycles. The molecule has 1 aromatic heterocycles. The summed E-state index contributed by atoms with van der Waals surface area (Å²) in [7, 11) is 0. The number of hydrogen-bond donors (Lipinski definition) is 2. The maximum Gasteiger partial charge on any atom is 0.246 e. The van der Waals surface area contributed by atoms with Crippen molar-refractivity contribution in [2.24, 2.45) is 5.73 Å². The van der Waals surface area contributed by atoms with Crippen LogP contribution in [0.15, 0.2) is 0 Å². The maximum atomic E-state index is 11.7. The van der Waals surface area contributed by atoms with Crippen LogP contribution in [0, 0.1) is 0 Å². The molecule has 0 bridgehead atoms. The maximum absolute atomic E-state index is 11.7. The fourth-order valence-electron chi connectivity index (χ4n) is 1.16. The van der Waals surface area contributed by atoms with E-state index >= 15 is 0 Å². The van der Waals surface area contributed by atoms with E-state index in [-0.39, 0.29) is 11.3 Å². The molecule has 0 spiro atoms. The van der Waals surface area contributed by atoms with Crippen LogP contribution < -0.4 is 11.1 Å². The summed E-state index contributed by atoms with van der Waals surface area (Å²) in [6.07, 6.45) is 1.51. The molecule has 3 N–H and O–H groups in total. The predicted octanol–water partition coefficient (Wildman–Crippen LogP) is 1.27. The molecule has 0 atom stereocenters. The van der Waals surface area contributed by atoms with Crippen molar-refractivity contribution >= 4 is 22.4 Å². The molecule has 0 saturated heterocycles. The minimum absolute atomic E-state index is 0.0410. The van der Waals surface area contributed by atoms with Crippen LogP contribution in [-0.2, 0) is 10.2 Å². The average Bonchev–Trinajstić information content (AvgIpc) is 2.75. The van der Waals surface area contributed by atoms with Crippen molar-refractivity contribution in [2.75, 3.05) is 5.32 Å². The molecule has 0 aromatic carbocycles. The Morgan fingerprint density at radius 2 is 2.06 bits per heavy atom. The third kappa shape index (κ3) is 2.22. The first kappa shape index (κ1) is 11.5. The fraction of sp³-hybridized carbons (Fsp3) is 0.700. The normalized spacial score (nSPS) is 18.2. The van der Waals surface area contributed by atoms with Gasteiger partial charge in [0, 0.05) is 5.41 Å². The number of rotatable bonds is 2. The van der Waals surface area contributed by atoms with Crippen molar-refractivity contribution in [3.05, 3.63) is 5.01 Å². The fourth-order valence-corrected chi connectivity index (χ4v) is 1.96. The lowest BCUT2D eigenvalue weighted by atomic mass is 9.98. The van der Waals surface area contributed by atoms with Gasteiger partial charge in [-0.25, -0.2) is 0 Å². The third-order valence-corrected chi connectivity index (χ3v) is 3.79. The van der Waals surface area contributed by atoms with Crippen LogP contribution in [0.3, 0.4) is 0 Å². The Bertz CT molecular complexity index is 417. The first-order chi connectivity index (χ1) is 7.31. The highest BCUT2D eigenvalue weighted by Gasteiger charge is 2.46. The molecule has 1 fully saturated rings. The summed E-state index contributed by atoms with van der Waals surface area (Å²) in [4.78, 5) is 11.7. The molecule has 1 heterocycles. The van der Waals surface area contributed by atoms with Crippen LogP contribution in [0.25, 0.3) is 0 Å². The Balaban J connectivity index is 2.06. The first-order valence-electron chi connectivity index (χ1n) is 5.26. The number of carbonyl (C=O) groups is 1. The molecule has 6 heteroatoms. The lowest BCUT2D eigenvalue weighted by Gasteiger charge is -2.12. The summed E-state index contributed by atoms with van der Waals surface area (Å²) in [5.41, 5.74) is 5.07. The van der Waals surface area contributed by atoms with Crippen molar-refractivity contribution in [2.45, 2.75) is 44.6 Å². The highest BCUT2D eigenvalue weighted by Crippen LogP contribution is 2.34. The summed E-state index contributed by atoms with van der Waals surface area (Å²) >= 11 is 1.40. The number of amides is 1. The van der Waals surface area contributed by atoms with E-state index in [4.69, 9.17) is 5.73 Å². The van der Waals surface area contributed by atoms with Gasteiger partial charge in [-0.2, -0.15) is 0 Å². The highest BCUT2D eigenvalue weighted by molar-refractivity contribution is 7.15. The molecule has 0 unspecified atom stereocenters. The molecule has 1 aromatic rings. The van der Waals surface area contributed by atoms with Gasteiger partial charge in [-0.1, -0.05) is 32.1 Å². The number of nitrogens with zero attached hydrogens (tertiary/aromatic N) is 2. The monoisotopic (exact) mass is 240 g/mol. The van der Waals surface area contributed by atoms with Gasteiger partial charge in [-0.05, 0) is 12.8 Å². The van der Waals surface area contributed by atoms with Gasteiger partial charge >= 0.3 is 0 Å². The van der Waals surface area contributed by atoms with E-state index in [0.29, 0.717) is 5.13 Å². The quantitative estimate of drug-likeness (QED) is 0.815. The zero-order chi connectivity index (χ0) is 12.0. The molecular weight excluding hydrogens is 224 g/mol. The van der Waals surface area contributed by atoms with Gasteiger partial charge in [-0.15, -0.1) is 10.2 Å². The van der Waals surface area contributed by atoms with Gasteiger partial charge in [0.1, 0.15) is 5.01 Å². The lowest BCUT2D eigenvalue weighted by Crippen LogP contribution is -2.37. The largest absolute Gasteiger partial charge is 0.317 e. The van der Waals surface area contributed by atoms with Crippen LogP contribution in [0.5, 0.6) is 0 Å². The lowest BCUT2D eigenvalue weighted by molar-refractivity contribution is -0.118. The van der Waals surface area contributed by atoms with Crippen LogP contribution in [0.1, 0.15) is 38.6 Å². The Kier molecular flexibility index (Phi) is 2.51. The van der Waals surface area contributed by atoms with Crippen molar-refractivity contribution in [1.29, 1.82) is 0 Å². The summed E-state index contributed by atoms with van der Waals surface area (Å²) in [5, 5.41) is 12.2. The Labute approximate surface area is 98.4 Å². The van der Waals surface area contributed by atoms with Crippen molar-refractivity contribution in [3.8, 4) is 0 Å². The van der Waals surface area contributed by atoms with Crippen LogP contribution in [0.4, 0.5) is 5.13 Å². The molecule has 16 heavy (non-hydrogen) atoms. The van der Waals surface area contributed by atoms with Gasteiger partial charge < -0.3 is 5.73 Å². The Morgan fingerprint density at radius 3 is 2.50 bits per heavy atom. The van der Waals surface area contributed by atoms with E-state index in [1.165, 1.54) is 11.3 Å². The SMILES string of the molecule is CC(C)(C)c1nnc(NC(=O)C2(N)CC2)s1. The standard InChI is InChI=1S/C10H16N4OS/c1-9(2,3)7-13-14-8(16-7)12-6(15)10(11)4-5-10/h4-5,11H2,1-3H3,(H,12,14,15). The van der Waals surface area contributed by atoms with E-state index < -0.39 is 5.54 Å². The molecule has 1 amide bonds. The molecule has 2 rings (SSSR count). The molecule has 88 valence electrons. The number of aromatic nitrogens is 2. The second-order valence-electron chi connectivity index (χ2n) is 5.27. The number of nitrogens with one attached hydrogen (secondary N) is 1. The summed E-state index contributed by atoms with van der Waals surface area (Å²) < 4.78 is 0. The molecule has 5 nitrogen and oxygen atoms in total. The smallest absolute Gasteiger partial charge is 0.246 e. The molecule has 1 aliphatic carbocycles. The first-order valence-corrected chi connectivity index (χ1v) is 6.07. The Morgan fingerprint density at radius 1 is 1.44 bits per heavy atom. The summed E-state index contributed by atoms with van der Waals surface area (Å²) in [6.45, 7) is 6.18. The van der Waals surface area contributed by atoms with Crippen molar-refractivity contribution < 1.29 is 4.79 Å². The zero-order valence-electron chi connectivity index (χ0n) is 9.70.